The Kier molecular flexibility index (Phi) is 7.92. The van der Waals surface area contributed by atoms with Crippen molar-refractivity contribution >= 4 is 43.6 Å². The van der Waals surface area contributed by atoms with Gasteiger partial charge in [-0.3, -0.25) is 0 Å². The molecule has 0 N–H and O–H groups in total. The van der Waals surface area contributed by atoms with Crippen LogP contribution in [0.4, 0.5) is 0 Å². The normalized spacial score (nSPS) is 11.0. The van der Waals surface area contributed by atoms with Crippen LogP contribution in [0.1, 0.15) is 22.3 Å². The summed E-state index contributed by atoms with van der Waals surface area (Å²) >= 11 is 0. The van der Waals surface area contributed by atoms with Gasteiger partial charge in [0.25, 0.3) is 0 Å². The molecule has 2 heterocycles. The molecule has 0 aliphatic rings. The number of nitriles is 4. The van der Waals surface area contributed by atoms with Crippen molar-refractivity contribution in [2.45, 2.75) is 0 Å². The van der Waals surface area contributed by atoms with E-state index in [-0.39, 0.29) is 0 Å². The van der Waals surface area contributed by atoms with E-state index in [1.807, 2.05) is 115 Å². The highest BCUT2D eigenvalue weighted by Crippen LogP contribution is 2.43. The molecular weight excluding hydrogens is 709 g/mol. The van der Waals surface area contributed by atoms with Crippen molar-refractivity contribution in [3.63, 3.8) is 0 Å². The fraction of sp³-hybridized carbons (Fsp3) is 0. The van der Waals surface area contributed by atoms with Crippen molar-refractivity contribution < 1.29 is 0 Å². The standard InChI is InChI=1S/C52H28N6/c53-29-33-18-22-49(57-47-15-7-5-13-41(47)45-27-35(19-23-50(45)57)39-11-3-1-9-37(39)31-55)44(25-33)43-21-17-34(30-54)26-52(43)58-48-16-8-6-14-42(48)46-28-36(20-24-51(46)58)40-12-4-2-10-38(40)32-56/h1-28H. The Morgan fingerprint density at radius 2 is 0.776 bits per heavy atom. The number of hydrogen-bond acceptors (Lipinski definition) is 4. The van der Waals surface area contributed by atoms with E-state index in [0.717, 1.165) is 88.4 Å². The Morgan fingerprint density at radius 1 is 0.310 bits per heavy atom. The molecule has 0 bridgehead atoms. The van der Waals surface area contributed by atoms with Gasteiger partial charge in [0.1, 0.15) is 0 Å². The lowest BCUT2D eigenvalue weighted by Crippen LogP contribution is -2.02. The Morgan fingerprint density at radius 3 is 1.33 bits per heavy atom. The predicted octanol–water partition coefficient (Wildman–Crippen LogP) is 12.4. The molecule has 10 rings (SSSR count). The molecule has 0 aliphatic heterocycles. The zero-order chi connectivity index (χ0) is 39.3. The minimum absolute atomic E-state index is 0.504. The second-order valence-corrected chi connectivity index (χ2v) is 14.2. The molecule has 0 fully saturated rings. The number of rotatable bonds is 5. The second-order valence-electron chi connectivity index (χ2n) is 14.2. The van der Waals surface area contributed by atoms with Crippen LogP contribution < -0.4 is 0 Å². The maximum Gasteiger partial charge on any atom is 0.0998 e. The number of fused-ring (bicyclic) bond motifs is 6. The van der Waals surface area contributed by atoms with Crippen molar-refractivity contribution in [1.82, 2.24) is 9.13 Å². The first-order valence-corrected chi connectivity index (χ1v) is 18.7. The molecule has 0 amide bonds. The third-order valence-electron chi connectivity index (χ3n) is 11.1. The van der Waals surface area contributed by atoms with Crippen LogP contribution in [0.2, 0.25) is 0 Å². The first-order chi connectivity index (χ1) is 28.6. The fourth-order valence-electron chi connectivity index (χ4n) is 8.49. The number of aromatic nitrogens is 2. The Labute approximate surface area is 333 Å². The van der Waals surface area contributed by atoms with Gasteiger partial charge in [0, 0.05) is 32.7 Å². The maximum absolute atomic E-state index is 10.3. The van der Waals surface area contributed by atoms with E-state index in [1.54, 1.807) is 0 Å². The molecule has 0 spiro atoms. The molecule has 0 saturated heterocycles. The Bertz CT molecular complexity index is 3520. The Balaban J connectivity index is 1.25. The lowest BCUT2D eigenvalue weighted by Gasteiger charge is -2.19. The van der Waals surface area contributed by atoms with Gasteiger partial charge in [0.2, 0.25) is 0 Å². The maximum atomic E-state index is 10.3. The van der Waals surface area contributed by atoms with Gasteiger partial charge in [-0.2, -0.15) is 21.0 Å². The third kappa shape index (κ3) is 5.23. The highest BCUT2D eigenvalue weighted by molar-refractivity contribution is 6.13. The summed E-state index contributed by atoms with van der Waals surface area (Å²) in [5, 5.41) is 44.5. The van der Waals surface area contributed by atoms with Gasteiger partial charge in [0.05, 0.1) is 80.0 Å². The van der Waals surface area contributed by atoms with Crippen LogP contribution in [-0.4, -0.2) is 9.13 Å². The summed E-state index contributed by atoms with van der Waals surface area (Å²) in [4.78, 5) is 0. The van der Waals surface area contributed by atoms with Crippen molar-refractivity contribution in [1.29, 1.82) is 21.0 Å². The first kappa shape index (κ1) is 33.9. The zero-order valence-electron chi connectivity index (χ0n) is 30.8. The fourth-order valence-corrected chi connectivity index (χ4v) is 8.49. The van der Waals surface area contributed by atoms with Crippen LogP contribution in [0.25, 0.3) is 88.4 Å². The SMILES string of the molecule is N#Cc1ccc(-n2c3ccccc3c3cc(-c4ccccc4C#N)ccc32)c(-c2ccc(C#N)cc2-n2c3ccccc3c3cc(-c4ccccc4C#N)ccc32)c1. The number of benzene rings is 8. The van der Waals surface area contributed by atoms with E-state index < -0.39 is 0 Å². The highest BCUT2D eigenvalue weighted by atomic mass is 15.0. The molecule has 58 heavy (non-hydrogen) atoms. The summed E-state index contributed by atoms with van der Waals surface area (Å²) in [6.07, 6.45) is 0. The monoisotopic (exact) mass is 736 g/mol. The van der Waals surface area contributed by atoms with E-state index in [0.29, 0.717) is 22.3 Å². The van der Waals surface area contributed by atoms with Crippen LogP contribution in [0.3, 0.4) is 0 Å². The summed E-state index contributed by atoms with van der Waals surface area (Å²) in [6, 6.07) is 65.3. The summed E-state index contributed by atoms with van der Waals surface area (Å²) in [5.74, 6) is 0. The van der Waals surface area contributed by atoms with Gasteiger partial charge in [-0.05, 0) is 101 Å². The number of hydrogen-bond donors (Lipinski definition) is 0. The highest BCUT2D eigenvalue weighted by Gasteiger charge is 2.22. The topological polar surface area (TPSA) is 105 Å². The average molecular weight is 737 g/mol. The third-order valence-corrected chi connectivity index (χ3v) is 11.1. The van der Waals surface area contributed by atoms with E-state index in [1.165, 1.54) is 0 Å². The molecule has 0 atom stereocenters. The molecule has 8 aromatic carbocycles. The molecule has 10 aromatic rings. The van der Waals surface area contributed by atoms with Gasteiger partial charge in [-0.1, -0.05) is 91.0 Å². The molecule has 6 nitrogen and oxygen atoms in total. The van der Waals surface area contributed by atoms with Crippen molar-refractivity contribution in [3.05, 3.63) is 192 Å². The van der Waals surface area contributed by atoms with Crippen LogP contribution in [0, 0.1) is 45.3 Å². The van der Waals surface area contributed by atoms with Crippen molar-refractivity contribution in [2.24, 2.45) is 0 Å². The average Bonchev–Trinajstić information content (AvgIpc) is 3.80. The molecule has 2 aromatic heterocycles. The van der Waals surface area contributed by atoms with Crippen LogP contribution in [0.15, 0.2) is 170 Å². The second kappa shape index (κ2) is 13.6. The van der Waals surface area contributed by atoms with E-state index in [9.17, 15) is 21.0 Å². The minimum Gasteiger partial charge on any atom is -0.309 e. The number of para-hydroxylation sites is 2. The van der Waals surface area contributed by atoms with E-state index in [2.05, 4.69) is 88.0 Å². The van der Waals surface area contributed by atoms with Gasteiger partial charge in [-0.15, -0.1) is 0 Å². The number of nitrogens with zero attached hydrogens (tertiary/aromatic N) is 6. The van der Waals surface area contributed by atoms with Crippen molar-refractivity contribution in [2.75, 3.05) is 0 Å². The zero-order valence-corrected chi connectivity index (χ0v) is 30.8. The van der Waals surface area contributed by atoms with Gasteiger partial charge in [-0.25, -0.2) is 0 Å². The molecule has 0 saturated carbocycles. The van der Waals surface area contributed by atoms with Gasteiger partial charge < -0.3 is 9.13 Å². The quantitative estimate of drug-likeness (QED) is 0.175. The molecular formula is C52H28N6. The molecule has 0 unspecified atom stereocenters. The molecule has 0 aliphatic carbocycles. The largest absolute Gasteiger partial charge is 0.309 e. The van der Waals surface area contributed by atoms with E-state index in [4.69, 9.17) is 0 Å². The Hall–Kier alpha value is -8.68. The lowest BCUT2D eigenvalue weighted by molar-refractivity contribution is 1.16. The molecule has 0 radical (unpaired) electrons. The lowest BCUT2D eigenvalue weighted by atomic mass is 9.97. The predicted molar refractivity (Wildman–Crippen MR) is 230 cm³/mol. The summed E-state index contributed by atoms with van der Waals surface area (Å²) in [7, 11) is 0. The van der Waals surface area contributed by atoms with Gasteiger partial charge >= 0.3 is 0 Å². The van der Waals surface area contributed by atoms with Crippen LogP contribution in [-0.2, 0) is 0 Å². The smallest absolute Gasteiger partial charge is 0.0998 e. The summed E-state index contributed by atoms with van der Waals surface area (Å²) < 4.78 is 4.45. The first-order valence-electron chi connectivity index (χ1n) is 18.7. The van der Waals surface area contributed by atoms with Crippen molar-refractivity contribution in [3.8, 4) is 69.0 Å². The molecule has 266 valence electrons. The van der Waals surface area contributed by atoms with Crippen LogP contribution >= 0.6 is 0 Å². The summed E-state index contributed by atoms with van der Waals surface area (Å²) in [5.41, 5.74) is 13.1. The van der Waals surface area contributed by atoms with E-state index >= 15 is 0 Å². The summed E-state index contributed by atoms with van der Waals surface area (Å²) in [6.45, 7) is 0. The van der Waals surface area contributed by atoms with Crippen LogP contribution in [0.5, 0.6) is 0 Å². The van der Waals surface area contributed by atoms with Gasteiger partial charge in [0.15, 0.2) is 0 Å². The molecule has 6 heteroatoms. The minimum atomic E-state index is 0.504.